The predicted molar refractivity (Wildman–Crippen MR) is 121 cm³/mol. The fraction of sp³-hybridized carbons (Fsp3) is 0.565. The molecule has 7 nitrogen and oxygen atoms in total. The Morgan fingerprint density at radius 3 is 2.43 bits per heavy atom. The van der Waals surface area contributed by atoms with Crippen LogP contribution in [0.15, 0.2) is 23.2 Å². The number of hydrogen-bond donors (Lipinski definition) is 1. The first-order valence-electron chi connectivity index (χ1n) is 10.8. The highest BCUT2D eigenvalue weighted by Crippen LogP contribution is 2.33. The van der Waals surface area contributed by atoms with E-state index in [-0.39, 0.29) is 0 Å². The van der Waals surface area contributed by atoms with Crippen LogP contribution in [0.2, 0.25) is 0 Å². The summed E-state index contributed by atoms with van der Waals surface area (Å²) >= 11 is 0. The van der Waals surface area contributed by atoms with Crippen molar-refractivity contribution >= 4 is 5.96 Å². The number of rotatable bonds is 7. The zero-order valence-electron chi connectivity index (χ0n) is 19.2. The smallest absolute Gasteiger partial charge is 0.193 e. The molecule has 0 spiro atoms. The van der Waals surface area contributed by atoms with Gasteiger partial charge in [-0.05, 0) is 37.0 Å². The molecule has 0 radical (unpaired) electrons. The second kappa shape index (κ2) is 9.87. The maximum atomic E-state index is 5.45. The number of hydrogen-bond acceptors (Lipinski definition) is 4. The van der Waals surface area contributed by atoms with E-state index in [1.807, 2.05) is 24.8 Å². The summed E-state index contributed by atoms with van der Waals surface area (Å²) in [5.74, 6) is 3.03. The third kappa shape index (κ3) is 4.55. The van der Waals surface area contributed by atoms with Gasteiger partial charge in [-0.1, -0.05) is 13.8 Å². The number of likely N-dealkylation sites (tertiary alicyclic amines) is 1. The zero-order valence-corrected chi connectivity index (χ0v) is 19.2. The fourth-order valence-corrected chi connectivity index (χ4v) is 4.38. The number of ether oxygens (including phenoxy) is 2. The Morgan fingerprint density at radius 1 is 1.17 bits per heavy atom. The van der Waals surface area contributed by atoms with E-state index in [4.69, 9.17) is 9.47 Å². The topological polar surface area (TPSA) is 63.9 Å². The van der Waals surface area contributed by atoms with Crippen LogP contribution in [-0.2, 0) is 26.4 Å². The standard InChI is InChI=1S/C23H35N5O2/c1-7-21-20(22(8-2)27(4)26-21)14-25-23(24-3)28-10-9-16(15-28)17-11-18(29-5)13-19(12-17)30-6/h11-13,16H,7-10,14-15H2,1-6H3,(H,24,25). The Balaban J connectivity index is 1.70. The van der Waals surface area contributed by atoms with Crippen molar-refractivity contribution in [3.63, 3.8) is 0 Å². The lowest BCUT2D eigenvalue weighted by Crippen LogP contribution is -2.39. The van der Waals surface area contributed by atoms with E-state index in [1.54, 1.807) is 14.2 Å². The van der Waals surface area contributed by atoms with E-state index >= 15 is 0 Å². The van der Waals surface area contributed by atoms with Crippen LogP contribution in [0.25, 0.3) is 0 Å². The van der Waals surface area contributed by atoms with E-state index in [9.17, 15) is 0 Å². The second-order valence-corrected chi connectivity index (χ2v) is 7.68. The molecule has 3 rings (SSSR count). The highest BCUT2D eigenvalue weighted by Gasteiger charge is 2.27. The molecule has 1 aliphatic rings. The maximum Gasteiger partial charge on any atom is 0.193 e. The van der Waals surface area contributed by atoms with E-state index < -0.39 is 0 Å². The molecule has 164 valence electrons. The Labute approximate surface area is 180 Å². The Kier molecular flexibility index (Phi) is 7.24. The number of nitrogens with zero attached hydrogens (tertiary/aromatic N) is 4. The Bertz CT molecular complexity index is 868. The maximum absolute atomic E-state index is 5.45. The molecule has 1 aromatic carbocycles. The zero-order chi connectivity index (χ0) is 21.7. The Hall–Kier alpha value is -2.70. The second-order valence-electron chi connectivity index (χ2n) is 7.68. The number of aromatic nitrogens is 2. The van der Waals surface area contributed by atoms with Crippen molar-refractivity contribution in [2.75, 3.05) is 34.4 Å². The lowest BCUT2D eigenvalue weighted by molar-refractivity contribution is 0.392. The third-order valence-electron chi connectivity index (χ3n) is 6.00. The fourth-order valence-electron chi connectivity index (χ4n) is 4.38. The molecule has 1 unspecified atom stereocenters. The van der Waals surface area contributed by atoms with Crippen LogP contribution in [0.4, 0.5) is 0 Å². The minimum absolute atomic E-state index is 0.420. The van der Waals surface area contributed by atoms with Gasteiger partial charge in [0.05, 0.1) is 19.9 Å². The summed E-state index contributed by atoms with van der Waals surface area (Å²) in [6.07, 6.45) is 2.99. The van der Waals surface area contributed by atoms with Crippen LogP contribution in [0.3, 0.4) is 0 Å². The van der Waals surface area contributed by atoms with Gasteiger partial charge >= 0.3 is 0 Å². The van der Waals surface area contributed by atoms with E-state index in [2.05, 4.69) is 46.3 Å². The lowest BCUT2D eigenvalue weighted by atomic mass is 9.98. The van der Waals surface area contributed by atoms with Crippen molar-refractivity contribution in [2.45, 2.75) is 45.6 Å². The number of aryl methyl sites for hydroxylation is 2. The first kappa shape index (κ1) is 22.0. The van der Waals surface area contributed by atoms with Gasteiger partial charge in [0.15, 0.2) is 5.96 Å². The molecule has 0 saturated carbocycles. The molecular formula is C23H35N5O2. The largest absolute Gasteiger partial charge is 0.497 e. The first-order chi connectivity index (χ1) is 14.5. The average molecular weight is 414 g/mol. The first-order valence-corrected chi connectivity index (χ1v) is 10.8. The van der Waals surface area contributed by atoms with Crippen molar-refractivity contribution in [1.29, 1.82) is 0 Å². The minimum atomic E-state index is 0.420. The molecule has 1 aromatic heterocycles. The van der Waals surface area contributed by atoms with Crippen molar-refractivity contribution in [3.05, 3.63) is 40.7 Å². The number of guanidine groups is 1. The van der Waals surface area contributed by atoms with Gasteiger partial charge in [-0.25, -0.2) is 0 Å². The van der Waals surface area contributed by atoms with E-state index in [0.29, 0.717) is 5.92 Å². The number of methoxy groups -OCH3 is 2. The highest BCUT2D eigenvalue weighted by atomic mass is 16.5. The normalized spacial score (nSPS) is 16.8. The molecule has 0 aliphatic carbocycles. The third-order valence-corrected chi connectivity index (χ3v) is 6.00. The summed E-state index contributed by atoms with van der Waals surface area (Å²) in [6.45, 7) is 6.99. The molecule has 0 amide bonds. The molecule has 0 bridgehead atoms. The SMILES string of the molecule is CCc1nn(C)c(CC)c1CNC(=NC)N1CCC(c2cc(OC)cc(OC)c2)C1. The van der Waals surface area contributed by atoms with Gasteiger partial charge < -0.3 is 19.7 Å². The van der Waals surface area contributed by atoms with Crippen LogP contribution < -0.4 is 14.8 Å². The number of aliphatic imine (C=N–C) groups is 1. The molecule has 1 atom stereocenters. The number of benzene rings is 1. The summed E-state index contributed by atoms with van der Waals surface area (Å²) < 4.78 is 12.9. The van der Waals surface area contributed by atoms with Crippen molar-refractivity contribution in [3.8, 4) is 11.5 Å². The molecule has 2 aromatic rings. The van der Waals surface area contributed by atoms with Crippen LogP contribution in [0.5, 0.6) is 11.5 Å². The molecule has 1 N–H and O–H groups in total. The van der Waals surface area contributed by atoms with Crippen molar-refractivity contribution in [1.82, 2.24) is 20.0 Å². The van der Waals surface area contributed by atoms with Gasteiger partial charge in [-0.15, -0.1) is 0 Å². The average Bonchev–Trinajstić information content (AvgIpc) is 3.38. The van der Waals surface area contributed by atoms with Gasteiger partial charge in [-0.2, -0.15) is 5.10 Å². The summed E-state index contributed by atoms with van der Waals surface area (Å²) in [5.41, 5.74) is 5.01. The monoisotopic (exact) mass is 413 g/mol. The Morgan fingerprint density at radius 2 is 1.87 bits per heavy atom. The summed E-state index contributed by atoms with van der Waals surface area (Å²) in [6, 6.07) is 6.15. The lowest BCUT2D eigenvalue weighted by Gasteiger charge is -2.22. The van der Waals surface area contributed by atoms with Crippen LogP contribution in [0, 0.1) is 0 Å². The van der Waals surface area contributed by atoms with Crippen molar-refractivity contribution < 1.29 is 9.47 Å². The molecular weight excluding hydrogens is 378 g/mol. The minimum Gasteiger partial charge on any atom is -0.497 e. The molecule has 30 heavy (non-hydrogen) atoms. The molecule has 1 fully saturated rings. The van der Waals surface area contributed by atoms with Crippen LogP contribution in [0.1, 0.15) is 48.7 Å². The molecule has 2 heterocycles. The highest BCUT2D eigenvalue weighted by molar-refractivity contribution is 5.80. The molecule has 1 aliphatic heterocycles. The molecule has 7 heteroatoms. The predicted octanol–water partition coefficient (Wildman–Crippen LogP) is 3.13. The van der Waals surface area contributed by atoms with Gasteiger partial charge in [0.1, 0.15) is 11.5 Å². The van der Waals surface area contributed by atoms with Crippen molar-refractivity contribution in [2.24, 2.45) is 12.0 Å². The van der Waals surface area contributed by atoms with Gasteiger partial charge in [0, 0.05) is 57.0 Å². The van der Waals surface area contributed by atoms with Gasteiger partial charge in [0.25, 0.3) is 0 Å². The summed E-state index contributed by atoms with van der Waals surface area (Å²) in [4.78, 5) is 6.89. The van der Waals surface area contributed by atoms with Gasteiger partial charge in [-0.3, -0.25) is 9.67 Å². The van der Waals surface area contributed by atoms with E-state index in [0.717, 1.165) is 56.4 Å². The summed E-state index contributed by atoms with van der Waals surface area (Å²) in [5, 5.41) is 8.27. The van der Waals surface area contributed by atoms with Crippen LogP contribution >= 0.6 is 0 Å². The van der Waals surface area contributed by atoms with Gasteiger partial charge in [0.2, 0.25) is 0 Å². The van der Waals surface area contributed by atoms with Crippen LogP contribution in [-0.4, -0.2) is 55.0 Å². The number of nitrogens with one attached hydrogen (secondary N) is 1. The summed E-state index contributed by atoms with van der Waals surface area (Å²) in [7, 11) is 7.27. The van der Waals surface area contributed by atoms with E-state index in [1.165, 1.54) is 22.5 Å². The quantitative estimate of drug-likeness (QED) is 0.558. The molecule has 1 saturated heterocycles.